The average Bonchev–Trinajstić information content (AvgIpc) is 3.07. The number of fused-ring (bicyclic) bond motifs is 1. The van der Waals surface area contributed by atoms with Crippen LogP contribution >= 0.6 is 0 Å². The van der Waals surface area contributed by atoms with Gasteiger partial charge in [-0.1, -0.05) is 20.8 Å². The Morgan fingerprint density at radius 2 is 1.83 bits per heavy atom. The van der Waals surface area contributed by atoms with Crippen LogP contribution in [0.2, 0.25) is 0 Å². The molecule has 7 nitrogen and oxygen atoms in total. The van der Waals surface area contributed by atoms with Gasteiger partial charge in [-0.15, -0.1) is 0 Å². The summed E-state index contributed by atoms with van der Waals surface area (Å²) in [5.74, 6) is -3.87. The third-order valence-electron chi connectivity index (χ3n) is 5.03. The minimum atomic E-state index is -1.31. The summed E-state index contributed by atoms with van der Waals surface area (Å²) in [7, 11) is 1.47. The van der Waals surface area contributed by atoms with Gasteiger partial charge in [-0.25, -0.2) is 18.0 Å². The lowest BCUT2D eigenvalue weighted by molar-refractivity contribution is -0.124. The van der Waals surface area contributed by atoms with Crippen molar-refractivity contribution in [2.45, 2.75) is 39.8 Å². The first kappa shape index (κ1) is 21.8. The van der Waals surface area contributed by atoms with Gasteiger partial charge in [0.05, 0.1) is 5.69 Å². The maximum absolute atomic E-state index is 14.4. The van der Waals surface area contributed by atoms with Crippen molar-refractivity contribution in [3.05, 3.63) is 40.8 Å². The van der Waals surface area contributed by atoms with Crippen LogP contribution in [0.15, 0.2) is 12.1 Å². The number of hydrogen-bond acceptors (Lipinski definition) is 4. The number of halogens is 3. The molecule has 0 aliphatic carbocycles. The van der Waals surface area contributed by atoms with Gasteiger partial charge in [0.2, 0.25) is 5.91 Å². The van der Waals surface area contributed by atoms with Crippen LogP contribution in [-0.2, 0) is 17.8 Å². The van der Waals surface area contributed by atoms with Gasteiger partial charge >= 0.3 is 6.03 Å². The number of benzene rings is 1. The van der Waals surface area contributed by atoms with Gasteiger partial charge in [0.25, 0.3) is 0 Å². The summed E-state index contributed by atoms with van der Waals surface area (Å²) in [6.07, 6.45) is 0.418. The topological polar surface area (TPSA) is 88.1 Å². The Kier molecular flexibility index (Phi) is 5.89. The minimum Gasteiger partial charge on any atom is -0.357 e. The summed E-state index contributed by atoms with van der Waals surface area (Å²) in [6.45, 7) is 6.26. The predicted octanol–water partition coefficient (Wildman–Crippen LogP) is 2.33. The molecule has 1 unspecified atom stereocenters. The van der Waals surface area contributed by atoms with Crippen LogP contribution in [0.4, 0.5) is 18.0 Å². The Hall–Kier alpha value is -2.88. The number of carbonyl (C=O) groups is 2. The number of hydrogen-bond donors (Lipinski definition) is 3. The molecule has 0 saturated heterocycles. The Balaban J connectivity index is 2.06. The highest BCUT2D eigenvalue weighted by Gasteiger charge is 2.34. The number of nitrogens with one attached hydrogen (secondary N) is 3. The number of nitrogens with zero attached hydrogens (tertiary/aromatic N) is 2. The number of carbonyl (C=O) groups excluding carboxylic acids is 2. The zero-order chi connectivity index (χ0) is 22.2. The Morgan fingerprint density at radius 3 is 2.47 bits per heavy atom. The van der Waals surface area contributed by atoms with Gasteiger partial charge in [0.15, 0.2) is 11.6 Å². The lowest BCUT2D eigenvalue weighted by atomic mass is 9.86. The van der Waals surface area contributed by atoms with Crippen molar-refractivity contribution in [3.63, 3.8) is 0 Å². The highest BCUT2D eigenvalue weighted by Crippen LogP contribution is 2.31. The molecular formula is C20H24F3N5O2. The molecule has 1 atom stereocenters. The van der Waals surface area contributed by atoms with Gasteiger partial charge in [0, 0.05) is 43.8 Å². The van der Waals surface area contributed by atoms with Crippen molar-refractivity contribution in [1.29, 1.82) is 0 Å². The second kappa shape index (κ2) is 8.10. The molecular weight excluding hydrogens is 399 g/mol. The molecule has 0 spiro atoms. The van der Waals surface area contributed by atoms with E-state index in [1.54, 1.807) is 20.8 Å². The second-order valence-electron chi connectivity index (χ2n) is 8.22. The van der Waals surface area contributed by atoms with Crippen LogP contribution in [0, 0.1) is 22.9 Å². The summed E-state index contributed by atoms with van der Waals surface area (Å²) >= 11 is 0. The van der Waals surface area contributed by atoms with Crippen LogP contribution in [0.25, 0.3) is 11.3 Å². The summed E-state index contributed by atoms with van der Waals surface area (Å²) in [5.41, 5.74) is 0.276. The quantitative estimate of drug-likeness (QED) is 0.662. The monoisotopic (exact) mass is 423 g/mol. The largest absolute Gasteiger partial charge is 0.357 e. The van der Waals surface area contributed by atoms with E-state index in [4.69, 9.17) is 0 Å². The lowest BCUT2D eigenvalue weighted by Gasteiger charge is -2.29. The van der Waals surface area contributed by atoms with E-state index in [2.05, 4.69) is 21.0 Å². The van der Waals surface area contributed by atoms with Gasteiger partial charge in [-0.2, -0.15) is 9.78 Å². The molecule has 0 saturated carbocycles. The van der Waals surface area contributed by atoms with Gasteiger partial charge in [-0.05, 0) is 11.5 Å². The van der Waals surface area contributed by atoms with E-state index >= 15 is 0 Å². The average molecular weight is 423 g/mol. The van der Waals surface area contributed by atoms with Crippen LogP contribution in [0.3, 0.4) is 0 Å². The molecule has 1 aliphatic rings. The van der Waals surface area contributed by atoms with Crippen LogP contribution in [0.5, 0.6) is 0 Å². The van der Waals surface area contributed by atoms with Crippen molar-refractivity contribution < 1.29 is 22.8 Å². The fourth-order valence-electron chi connectivity index (χ4n) is 3.44. The van der Waals surface area contributed by atoms with Crippen molar-refractivity contribution in [3.8, 4) is 11.3 Å². The number of amides is 2. The normalized spacial score (nSPS) is 14.8. The first-order valence-corrected chi connectivity index (χ1v) is 9.53. The number of likely N-dealkylation sites (N-methyl/N-ethyl adjacent to an activating group) is 1. The Bertz CT molecular complexity index is 997. The number of rotatable bonds is 3. The molecule has 1 aromatic carbocycles. The van der Waals surface area contributed by atoms with Crippen molar-refractivity contribution >= 4 is 11.9 Å². The molecule has 0 radical (unpaired) electrons. The van der Waals surface area contributed by atoms with E-state index in [1.807, 2.05) is 0 Å². The third kappa shape index (κ3) is 4.04. The van der Waals surface area contributed by atoms with Crippen molar-refractivity contribution in [1.82, 2.24) is 25.7 Å². The maximum atomic E-state index is 14.4. The Morgan fingerprint density at radius 1 is 1.17 bits per heavy atom. The predicted molar refractivity (Wildman–Crippen MR) is 104 cm³/mol. The molecule has 2 amide bonds. The van der Waals surface area contributed by atoms with Crippen LogP contribution in [0.1, 0.15) is 32.0 Å². The second-order valence-corrected chi connectivity index (χ2v) is 8.22. The zero-order valence-corrected chi connectivity index (χ0v) is 17.2. The summed E-state index contributed by atoms with van der Waals surface area (Å²) < 4.78 is 42.6. The first-order chi connectivity index (χ1) is 14.0. The van der Waals surface area contributed by atoms with Gasteiger partial charge in [-0.3, -0.25) is 4.79 Å². The van der Waals surface area contributed by atoms with Crippen LogP contribution < -0.4 is 16.0 Å². The Labute approximate surface area is 172 Å². The zero-order valence-electron chi connectivity index (χ0n) is 17.2. The number of aromatic nitrogens is 2. The molecule has 10 heteroatoms. The molecule has 1 aliphatic heterocycles. The molecule has 30 heavy (non-hydrogen) atoms. The smallest absolute Gasteiger partial charge is 0.343 e. The van der Waals surface area contributed by atoms with Crippen molar-refractivity contribution in [2.75, 3.05) is 13.6 Å². The van der Waals surface area contributed by atoms with E-state index < -0.39 is 34.9 Å². The molecule has 2 aromatic rings. The molecule has 0 fully saturated rings. The SMILES string of the molecule is CNC(=O)C(NC(=O)n1nc(-c2cc(F)c(F)cc2F)c2c1CCNC2)C(C)(C)C. The molecule has 1 aromatic heterocycles. The third-order valence-corrected chi connectivity index (χ3v) is 5.03. The van der Waals surface area contributed by atoms with Gasteiger partial charge in [0.1, 0.15) is 17.6 Å². The van der Waals surface area contributed by atoms with E-state index in [0.717, 1.165) is 10.7 Å². The fourth-order valence-corrected chi connectivity index (χ4v) is 3.44. The fraction of sp³-hybridized carbons (Fsp3) is 0.450. The van der Waals surface area contributed by atoms with E-state index in [9.17, 15) is 22.8 Å². The molecule has 3 rings (SSSR count). The standard InChI is InChI=1S/C20H24F3N5O2/c1-20(2,3)17(18(29)24-4)26-19(30)28-15-5-6-25-9-11(15)16(27-28)10-7-13(22)14(23)8-12(10)21/h7-8,17,25H,5-6,9H2,1-4H3,(H,24,29)(H,26,30). The van der Waals surface area contributed by atoms with E-state index in [0.29, 0.717) is 30.3 Å². The maximum Gasteiger partial charge on any atom is 0.343 e. The van der Waals surface area contributed by atoms with E-state index in [1.165, 1.54) is 7.05 Å². The van der Waals surface area contributed by atoms with Gasteiger partial charge < -0.3 is 16.0 Å². The summed E-state index contributed by atoms with van der Waals surface area (Å²) in [5, 5.41) is 12.5. The highest BCUT2D eigenvalue weighted by molar-refractivity contribution is 5.88. The molecule has 2 heterocycles. The van der Waals surface area contributed by atoms with Crippen molar-refractivity contribution in [2.24, 2.45) is 5.41 Å². The lowest BCUT2D eigenvalue weighted by Crippen LogP contribution is -2.54. The van der Waals surface area contributed by atoms with E-state index in [-0.39, 0.29) is 23.7 Å². The van der Waals surface area contributed by atoms with Crippen LogP contribution in [-0.4, -0.2) is 41.4 Å². The first-order valence-electron chi connectivity index (χ1n) is 9.53. The molecule has 0 bridgehead atoms. The highest BCUT2D eigenvalue weighted by atomic mass is 19.2. The minimum absolute atomic E-state index is 0.0519. The molecule has 162 valence electrons. The summed E-state index contributed by atoms with van der Waals surface area (Å²) in [4.78, 5) is 25.3. The summed E-state index contributed by atoms with van der Waals surface area (Å²) in [6, 6.07) is -0.328. The molecule has 3 N–H and O–H groups in total.